The van der Waals surface area contributed by atoms with E-state index in [0.717, 1.165) is 11.9 Å². The summed E-state index contributed by atoms with van der Waals surface area (Å²) in [5.41, 5.74) is 2.58. The molecule has 0 saturated carbocycles. The number of para-hydroxylation sites is 2. The molecule has 2 aliphatic rings. The zero-order valence-electron chi connectivity index (χ0n) is 26.9. The molecule has 0 spiro atoms. The predicted molar refractivity (Wildman–Crippen MR) is 182 cm³/mol. The average Bonchev–Trinajstić information content (AvgIpc) is 3.14. The number of hydrogen-bond donors (Lipinski definition) is 0. The van der Waals surface area contributed by atoms with Crippen LogP contribution in [0.4, 0.5) is 0 Å². The Morgan fingerprint density at radius 3 is 2.15 bits per heavy atom. The third-order valence-corrected chi connectivity index (χ3v) is 9.57. The number of fused-ring (bicyclic) bond motifs is 1. The summed E-state index contributed by atoms with van der Waals surface area (Å²) in [6.45, 7) is 5.84. The first-order valence-electron chi connectivity index (χ1n) is 16.1. The van der Waals surface area contributed by atoms with Crippen molar-refractivity contribution in [3.8, 4) is 11.5 Å². The molecule has 2 amide bonds. The van der Waals surface area contributed by atoms with Gasteiger partial charge in [-0.2, -0.15) is 0 Å². The molecule has 1 saturated heterocycles. The molecule has 4 aromatic rings. The van der Waals surface area contributed by atoms with Crippen LogP contribution in [0.3, 0.4) is 0 Å². The molecule has 3 aromatic carbocycles. The lowest BCUT2D eigenvalue weighted by molar-refractivity contribution is -0.145. The number of amides is 2. The van der Waals surface area contributed by atoms with E-state index < -0.39 is 24.0 Å². The molecule has 48 heavy (non-hydrogen) atoms. The van der Waals surface area contributed by atoms with Crippen molar-refractivity contribution in [1.29, 1.82) is 0 Å². The Balaban J connectivity index is 1.22. The summed E-state index contributed by atoms with van der Waals surface area (Å²) in [5.74, 6) is -0.256. The van der Waals surface area contributed by atoms with Gasteiger partial charge >= 0.3 is 5.97 Å². The number of ether oxygens (including phenoxy) is 3. The van der Waals surface area contributed by atoms with Crippen molar-refractivity contribution < 1.29 is 28.6 Å². The van der Waals surface area contributed by atoms with Gasteiger partial charge in [0.2, 0.25) is 12.0 Å². The monoisotopic (exact) mass is 666 g/mol. The van der Waals surface area contributed by atoms with Crippen molar-refractivity contribution in [1.82, 2.24) is 19.1 Å². The third kappa shape index (κ3) is 7.32. The van der Waals surface area contributed by atoms with Crippen LogP contribution < -0.4 is 9.47 Å². The summed E-state index contributed by atoms with van der Waals surface area (Å²) in [6, 6.07) is 30.2. The predicted octanol–water partition coefficient (Wildman–Crippen LogP) is 5.26. The van der Waals surface area contributed by atoms with Gasteiger partial charge in [-0.1, -0.05) is 72.8 Å². The molecule has 10 nitrogen and oxygen atoms in total. The number of esters is 1. The molecule has 11 heteroatoms. The molecule has 2 aliphatic heterocycles. The number of aromatic nitrogens is 1. The fourth-order valence-electron chi connectivity index (χ4n) is 5.97. The second-order valence-corrected chi connectivity index (χ2v) is 12.4. The minimum absolute atomic E-state index is 0.0280. The Morgan fingerprint density at radius 1 is 0.875 bits per heavy atom. The molecule has 1 fully saturated rings. The van der Waals surface area contributed by atoms with Crippen molar-refractivity contribution >= 4 is 29.7 Å². The standard InChI is InChI=1S/C37H38N4O6S/c1-3-45-37(44)29-17-12-20-38-34(29)48-41(36(43)32-25-46-30-18-10-11-19-31(30)47-32)26(2)35(42)40-23-21-39(22-24-40)33(27-13-6-4-7-14-27)28-15-8-5-9-16-28/h4-20,26,32-33H,3,21-25H2,1-2H3/t26-,32-/m1/s1. The summed E-state index contributed by atoms with van der Waals surface area (Å²) < 4.78 is 18.5. The zero-order chi connectivity index (χ0) is 33.5. The number of hydrogen-bond acceptors (Lipinski definition) is 9. The highest BCUT2D eigenvalue weighted by Crippen LogP contribution is 2.35. The van der Waals surface area contributed by atoms with E-state index in [-0.39, 0.29) is 35.8 Å². The van der Waals surface area contributed by atoms with Crippen LogP contribution >= 0.6 is 11.9 Å². The third-order valence-electron chi connectivity index (χ3n) is 8.38. The first kappa shape index (κ1) is 33.0. The van der Waals surface area contributed by atoms with Crippen LogP contribution in [0.2, 0.25) is 0 Å². The Bertz CT molecular complexity index is 1680. The summed E-state index contributed by atoms with van der Waals surface area (Å²) in [7, 11) is 0. The topological polar surface area (TPSA) is 102 Å². The van der Waals surface area contributed by atoms with E-state index in [2.05, 4.69) is 34.1 Å². The molecule has 2 atom stereocenters. The molecule has 0 aliphatic carbocycles. The van der Waals surface area contributed by atoms with Crippen LogP contribution in [0.1, 0.15) is 41.4 Å². The molecule has 0 unspecified atom stereocenters. The van der Waals surface area contributed by atoms with Crippen LogP contribution in [0.15, 0.2) is 108 Å². The minimum atomic E-state index is -1.01. The largest absolute Gasteiger partial charge is 0.485 e. The molecule has 0 radical (unpaired) electrons. The number of piperazine rings is 1. The van der Waals surface area contributed by atoms with Gasteiger partial charge in [0.05, 0.1) is 18.2 Å². The van der Waals surface area contributed by atoms with Gasteiger partial charge in [0.25, 0.3) is 5.91 Å². The van der Waals surface area contributed by atoms with Crippen molar-refractivity contribution in [2.24, 2.45) is 0 Å². The van der Waals surface area contributed by atoms with Crippen molar-refractivity contribution in [2.75, 3.05) is 39.4 Å². The average molecular weight is 667 g/mol. The van der Waals surface area contributed by atoms with E-state index in [9.17, 15) is 14.4 Å². The summed E-state index contributed by atoms with van der Waals surface area (Å²) in [4.78, 5) is 49.7. The first-order chi connectivity index (χ1) is 23.4. The molecule has 0 N–H and O–H groups in total. The minimum Gasteiger partial charge on any atom is -0.485 e. The van der Waals surface area contributed by atoms with Gasteiger partial charge < -0.3 is 19.1 Å². The van der Waals surface area contributed by atoms with Crippen LogP contribution in [0.25, 0.3) is 0 Å². The second-order valence-electron chi connectivity index (χ2n) is 11.5. The maximum Gasteiger partial charge on any atom is 0.340 e. The molecule has 6 rings (SSSR count). The van der Waals surface area contributed by atoms with Crippen LogP contribution in [0, 0.1) is 0 Å². The van der Waals surface area contributed by atoms with Gasteiger partial charge in [0, 0.05) is 44.3 Å². The van der Waals surface area contributed by atoms with Crippen LogP contribution in [-0.2, 0) is 14.3 Å². The first-order valence-corrected chi connectivity index (χ1v) is 16.9. The van der Waals surface area contributed by atoms with E-state index in [1.807, 2.05) is 42.5 Å². The Hall–Kier alpha value is -4.87. The van der Waals surface area contributed by atoms with E-state index >= 15 is 0 Å². The lowest BCUT2D eigenvalue weighted by atomic mass is 9.96. The van der Waals surface area contributed by atoms with Gasteiger partial charge in [0.15, 0.2) is 11.5 Å². The van der Waals surface area contributed by atoms with Gasteiger partial charge in [-0.05, 0) is 49.2 Å². The summed E-state index contributed by atoms with van der Waals surface area (Å²) in [5, 5.41) is 0.250. The fourth-order valence-corrected chi connectivity index (χ4v) is 6.97. The van der Waals surface area contributed by atoms with Crippen molar-refractivity contribution in [3.05, 3.63) is 120 Å². The van der Waals surface area contributed by atoms with Gasteiger partial charge in [-0.25, -0.2) is 9.78 Å². The summed E-state index contributed by atoms with van der Waals surface area (Å²) >= 11 is 0.931. The van der Waals surface area contributed by atoms with Crippen molar-refractivity contribution in [3.63, 3.8) is 0 Å². The Morgan fingerprint density at radius 2 is 1.50 bits per heavy atom. The highest BCUT2D eigenvalue weighted by molar-refractivity contribution is 7.97. The lowest BCUT2D eigenvalue weighted by Gasteiger charge is -2.41. The number of pyridine rings is 1. The highest BCUT2D eigenvalue weighted by Gasteiger charge is 2.39. The van der Waals surface area contributed by atoms with E-state index in [0.29, 0.717) is 37.7 Å². The van der Waals surface area contributed by atoms with Crippen LogP contribution in [-0.4, -0.2) is 88.4 Å². The van der Waals surface area contributed by atoms with E-state index in [4.69, 9.17) is 14.2 Å². The van der Waals surface area contributed by atoms with E-state index in [1.54, 1.807) is 49.1 Å². The summed E-state index contributed by atoms with van der Waals surface area (Å²) in [6.07, 6.45) is 0.526. The quantitative estimate of drug-likeness (QED) is 0.166. The maximum atomic E-state index is 14.2. The molecule has 1 aromatic heterocycles. The maximum absolute atomic E-state index is 14.2. The molecule has 3 heterocycles. The lowest BCUT2D eigenvalue weighted by Crippen LogP contribution is -2.56. The van der Waals surface area contributed by atoms with E-state index in [1.165, 1.54) is 21.6 Å². The highest BCUT2D eigenvalue weighted by atomic mass is 32.2. The van der Waals surface area contributed by atoms with Gasteiger partial charge in [-0.3, -0.25) is 18.8 Å². The number of carbonyl (C=O) groups is 3. The number of carbonyl (C=O) groups excluding carboxylic acids is 3. The normalized spacial score (nSPS) is 16.6. The van der Waals surface area contributed by atoms with Gasteiger partial charge in [-0.15, -0.1) is 0 Å². The molecule has 0 bridgehead atoms. The van der Waals surface area contributed by atoms with Gasteiger partial charge in [0.1, 0.15) is 17.7 Å². The second kappa shape index (κ2) is 15.4. The van der Waals surface area contributed by atoms with Crippen molar-refractivity contribution in [2.45, 2.75) is 37.1 Å². The smallest absolute Gasteiger partial charge is 0.340 e. The molecule has 248 valence electrons. The molecular formula is C37H38N4O6S. The Labute approximate surface area is 284 Å². The zero-order valence-corrected chi connectivity index (χ0v) is 27.8. The Kier molecular flexibility index (Phi) is 10.6. The SMILES string of the molecule is CCOC(=O)c1cccnc1SN(C(=O)[C@H]1COc2ccccc2O1)[C@H](C)C(=O)N1CCN(C(c2ccccc2)c2ccccc2)CC1. The van der Waals surface area contributed by atoms with Crippen LogP contribution in [0.5, 0.6) is 11.5 Å². The number of benzene rings is 3. The fraction of sp³-hybridized carbons (Fsp3) is 0.297. The number of rotatable bonds is 10. The molecular weight excluding hydrogens is 628 g/mol. The number of nitrogens with zero attached hydrogens (tertiary/aromatic N) is 4.